The van der Waals surface area contributed by atoms with Gasteiger partial charge < -0.3 is 5.32 Å². The zero-order chi connectivity index (χ0) is 18.7. The maximum atomic E-state index is 13.1. The highest BCUT2D eigenvalue weighted by atomic mass is 32.2. The number of fused-ring (bicyclic) bond motifs is 1. The first kappa shape index (κ1) is 19.0. The number of nitrogens with zero attached hydrogens (tertiary/aromatic N) is 2. The van der Waals surface area contributed by atoms with Gasteiger partial charge in [-0.2, -0.15) is 0 Å². The number of hydrogen-bond donors (Lipinski definition) is 1. The fourth-order valence-corrected chi connectivity index (χ4v) is 4.18. The minimum atomic E-state index is -0.0171. The Labute approximate surface area is 158 Å². The highest BCUT2D eigenvalue weighted by Gasteiger charge is 2.23. The van der Waals surface area contributed by atoms with Crippen molar-refractivity contribution in [1.82, 2.24) is 14.9 Å². The molecule has 1 amide bonds. The number of para-hydroxylation sites is 1. The Morgan fingerprint density at radius 2 is 1.96 bits per heavy atom. The van der Waals surface area contributed by atoms with Crippen LogP contribution in [0.3, 0.4) is 0 Å². The van der Waals surface area contributed by atoms with Crippen molar-refractivity contribution in [2.24, 2.45) is 5.92 Å². The van der Waals surface area contributed by atoms with E-state index in [1.165, 1.54) is 11.8 Å². The number of amides is 1. The van der Waals surface area contributed by atoms with Crippen LogP contribution in [0.4, 0.5) is 0 Å². The summed E-state index contributed by atoms with van der Waals surface area (Å²) in [6.45, 7) is 6.18. The first-order chi connectivity index (χ1) is 12.5. The molecule has 3 rings (SSSR count). The SMILES string of the molecule is CC(C)[C@H](C)NC(=O)CSc1nc2ccccc2c(=O)n1C1CCCC1. The topological polar surface area (TPSA) is 64.0 Å². The predicted molar refractivity (Wildman–Crippen MR) is 107 cm³/mol. The molecule has 0 spiro atoms. The van der Waals surface area contributed by atoms with Crippen molar-refractivity contribution in [3.63, 3.8) is 0 Å². The van der Waals surface area contributed by atoms with Gasteiger partial charge in [0.05, 0.1) is 16.7 Å². The van der Waals surface area contributed by atoms with E-state index >= 15 is 0 Å². The lowest BCUT2D eigenvalue weighted by molar-refractivity contribution is -0.119. The molecule has 1 aromatic carbocycles. The zero-order valence-electron chi connectivity index (χ0n) is 15.7. The van der Waals surface area contributed by atoms with Crippen LogP contribution < -0.4 is 10.9 Å². The third kappa shape index (κ3) is 4.11. The predicted octanol–water partition coefficient (Wildman–Crippen LogP) is 3.76. The third-order valence-electron chi connectivity index (χ3n) is 5.19. The fourth-order valence-electron chi connectivity index (χ4n) is 3.30. The first-order valence-electron chi connectivity index (χ1n) is 9.41. The standard InChI is InChI=1S/C20H27N3O2S/c1-13(2)14(3)21-18(24)12-26-20-22-17-11-7-6-10-16(17)19(25)23(20)15-8-4-5-9-15/h6-7,10-11,13-15H,4-5,8-9,12H2,1-3H3,(H,21,24)/t14-/m0/s1. The molecular weight excluding hydrogens is 346 g/mol. The Bertz CT molecular complexity index is 841. The summed E-state index contributed by atoms with van der Waals surface area (Å²) < 4.78 is 1.83. The van der Waals surface area contributed by atoms with Crippen LogP contribution in [0.1, 0.15) is 52.5 Å². The van der Waals surface area contributed by atoms with Gasteiger partial charge in [-0.15, -0.1) is 0 Å². The molecule has 140 valence electrons. The summed E-state index contributed by atoms with van der Waals surface area (Å²) in [6.07, 6.45) is 4.29. The van der Waals surface area contributed by atoms with Crippen molar-refractivity contribution in [2.45, 2.75) is 63.7 Å². The maximum Gasteiger partial charge on any atom is 0.262 e. The molecule has 1 aromatic heterocycles. The van der Waals surface area contributed by atoms with Crippen molar-refractivity contribution in [2.75, 3.05) is 5.75 Å². The van der Waals surface area contributed by atoms with E-state index in [1.807, 2.05) is 35.8 Å². The van der Waals surface area contributed by atoms with Gasteiger partial charge >= 0.3 is 0 Å². The minimum absolute atomic E-state index is 0.0148. The van der Waals surface area contributed by atoms with E-state index in [1.54, 1.807) is 0 Å². The Kier molecular flexibility index (Phi) is 6.01. The number of benzene rings is 1. The molecule has 6 heteroatoms. The van der Waals surface area contributed by atoms with Crippen LogP contribution in [-0.4, -0.2) is 27.3 Å². The van der Waals surface area contributed by atoms with E-state index in [0.29, 0.717) is 22.0 Å². The second kappa shape index (κ2) is 8.25. The third-order valence-corrected chi connectivity index (χ3v) is 6.14. The van der Waals surface area contributed by atoms with Gasteiger partial charge in [0.15, 0.2) is 5.16 Å². The van der Waals surface area contributed by atoms with Crippen molar-refractivity contribution < 1.29 is 4.79 Å². The van der Waals surface area contributed by atoms with Gasteiger partial charge in [-0.25, -0.2) is 4.98 Å². The number of rotatable bonds is 6. The largest absolute Gasteiger partial charge is 0.353 e. The van der Waals surface area contributed by atoms with E-state index in [-0.39, 0.29) is 29.3 Å². The molecule has 0 aliphatic heterocycles. The molecule has 1 saturated carbocycles. The molecule has 1 N–H and O–H groups in total. The normalized spacial score (nSPS) is 16.3. The summed E-state index contributed by atoms with van der Waals surface area (Å²) >= 11 is 1.36. The maximum absolute atomic E-state index is 13.1. The van der Waals surface area contributed by atoms with Crippen LogP contribution in [0.5, 0.6) is 0 Å². The summed E-state index contributed by atoms with van der Waals surface area (Å²) in [5.74, 6) is 0.644. The average molecular weight is 374 g/mol. The van der Waals surface area contributed by atoms with E-state index < -0.39 is 0 Å². The van der Waals surface area contributed by atoms with Crippen LogP contribution >= 0.6 is 11.8 Å². The van der Waals surface area contributed by atoms with Gasteiger partial charge in [0.25, 0.3) is 5.56 Å². The van der Waals surface area contributed by atoms with Gasteiger partial charge in [-0.1, -0.05) is 50.6 Å². The molecule has 1 atom stereocenters. The summed E-state index contributed by atoms with van der Waals surface area (Å²) in [5, 5.41) is 4.33. The van der Waals surface area contributed by atoms with Gasteiger partial charge in [-0.05, 0) is 37.8 Å². The summed E-state index contributed by atoms with van der Waals surface area (Å²) in [5.41, 5.74) is 0.714. The molecule has 1 heterocycles. The summed E-state index contributed by atoms with van der Waals surface area (Å²) in [6, 6.07) is 7.78. The molecule has 1 aliphatic carbocycles. The highest BCUT2D eigenvalue weighted by molar-refractivity contribution is 7.99. The summed E-state index contributed by atoms with van der Waals surface area (Å²) in [4.78, 5) is 30.0. The number of nitrogens with one attached hydrogen (secondary N) is 1. The van der Waals surface area contributed by atoms with Gasteiger partial charge in [-0.3, -0.25) is 14.2 Å². The van der Waals surface area contributed by atoms with E-state index in [9.17, 15) is 9.59 Å². The molecular formula is C20H27N3O2S. The molecule has 5 nitrogen and oxygen atoms in total. The lowest BCUT2D eigenvalue weighted by Gasteiger charge is -2.20. The van der Waals surface area contributed by atoms with Gasteiger partial charge in [0.1, 0.15) is 0 Å². The van der Waals surface area contributed by atoms with Crippen molar-refractivity contribution >= 4 is 28.6 Å². The van der Waals surface area contributed by atoms with Gasteiger partial charge in [0, 0.05) is 12.1 Å². The number of hydrogen-bond acceptors (Lipinski definition) is 4. The Hall–Kier alpha value is -1.82. The van der Waals surface area contributed by atoms with Gasteiger partial charge in [0.2, 0.25) is 5.91 Å². The van der Waals surface area contributed by atoms with E-state index in [4.69, 9.17) is 4.98 Å². The van der Waals surface area contributed by atoms with Crippen LogP contribution in [0, 0.1) is 5.92 Å². The Morgan fingerprint density at radius 3 is 2.65 bits per heavy atom. The monoisotopic (exact) mass is 373 g/mol. The lowest BCUT2D eigenvalue weighted by Crippen LogP contribution is -2.37. The molecule has 1 aliphatic rings. The first-order valence-corrected chi connectivity index (χ1v) is 10.4. The fraction of sp³-hybridized carbons (Fsp3) is 0.550. The quantitative estimate of drug-likeness (QED) is 0.618. The zero-order valence-corrected chi connectivity index (χ0v) is 16.5. The van der Waals surface area contributed by atoms with Crippen molar-refractivity contribution in [1.29, 1.82) is 0 Å². The van der Waals surface area contributed by atoms with Crippen molar-refractivity contribution in [3.05, 3.63) is 34.6 Å². The van der Waals surface area contributed by atoms with Crippen LogP contribution in [0.2, 0.25) is 0 Å². The van der Waals surface area contributed by atoms with Crippen LogP contribution in [0.15, 0.2) is 34.2 Å². The Balaban J connectivity index is 1.87. The molecule has 0 unspecified atom stereocenters. The van der Waals surface area contributed by atoms with Crippen LogP contribution in [-0.2, 0) is 4.79 Å². The second-order valence-electron chi connectivity index (χ2n) is 7.41. The number of carbonyl (C=O) groups excluding carboxylic acids is 1. The minimum Gasteiger partial charge on any atom is -0.353 e. The Morgan fingerprint density at radius 1 is 1.27 bits per heavy atom. The molecule has 0 bridgehead atoms. The second-order valence-corrected chi connectivity index (χ2v) is 8.36. The number of carbonyl (C=O) groups is 1. The van der Waals surface area contributed by atoms with E-state index in [0.717, 1.165) is 25.7 Å². The number of aromatic nitrogens is 2. The summed E-state index contributed by atoms with van der Waals surface area (Å²) in [7, 11) is 0. The smallest absolute Gasteiger partial charge is 0.262 e. The lowest BCUT2D eigenvalue weighted by atomic mass is 10.1. The molecule has 1 fully saturated rings. The van der Waals surface area contributed by atoms with E-state index in [2.05, 4.69) is 19.2 Å². The highest BCUT2D eigenvalue weighted by Crippen LogP contribution is 2.32. The van der Waals surface area contributed by atoms with Crippen molar-refractivity contribution in [3.8, 4) is 0 Å². The van der Waals surface area contributed by atoms with Crippen LogP contribution in [0.25, 0.3) is 10.9 Å². The average Bonchev–Trinajstić information content (AvgIpc) is 3.14. The number of thioether (sulfide) groups is 1. The molecule has 0 radical (unpaired) electrons. The molecule has 26 heavy (non-hydrogen) atoms. The molecule has 2 aromatic rings. The molecule has 0 saturated heterocycles.